The Morgan fingerprint density at radius 3 is 1.68 bits per heavy atom. The number of benzene rings is 8. The average molecular weight is 728 g/mol. The van der Waals surface area contributed by atoms with E-state index in [9.17, 15) is 5.26 Å². The summed E-state index contributed by atoms with van der Waals surface area (Å²) in [5, 5.41) is 16.5. The van der Waals surface area contributed by atoms with E-state index in [1.165, 1.54) is 0 Å². The zero-order valence-corrected chi connectivity index (χ0v) is 30.4. The van der Waals surface area contributed by atoms with E-state index in [0.29, 0.717) is 22.3 Å². The Bertz CT molecular complexity index is 3580. The molecule has 0 radical (unpaired) electrons. The number of hydrogen-bond acceptors (Lipinski definition) is 2. The summed E-state index contributed by atoms with van der Waals surface area (Å²) >= 11 is 0. The monoisotopic (exact) mass is 727 g/mol. The molecule has 6 nitrogen and oxygen atoms in total. The first-order valence-corrected chi connectivity index (χ1v) is 18.7. The van der Waals surface area contributed by atoms with Gasteiger partial charge < -0.3 is 9.13 Å². The van der Waals surface area contributed by atoms with Crippen LogP contribution in [0.25, 0.3) is 98.3 Å². The van der Waals surface area contributed by atoms with Gasteiger partial charge in [-0.3, -0.25) is 9.36 Å². The van der Waals surface area contributed by atoms with E-state index in [2.05, 4.69) is 117 Å². The molecule has 0 saturated heterocycles. The number of nitrogens with zero attached hydrogens (tertiary/aromatic N) is 5. The molecule has 11 aromatic rings. The van der Waals surface area contributed by atoms with E-state index in [4.69, 9.17) is 6.57 Å². The van der Waals surface area contributed by atoms with Crippen LogP contribution in [-0.4, -0.2) is 13.7 Å². The number of aromatic nitrogens is 3. The smallest absolute Gasteiger partial charge is 0.263 e. The van der Waals surface area contributed by atoms with Gasteiger partial charge in [0.25, 0.3) is 5.56 Å². The van der Waals surface area contributed by atoms with Crippen molar-refractivity contribution in [2.75, 3.05) is 0 Å². The van der Waals surface area contributed by atoms with Crippen LogP contribution in [0.1, 0.15) is 5.56 Å². The first kappa shape index (κ1) is 32.3. The summed E-state index contributed by atoms with van der Waals surface area (Å²) in [7, 11) is 0. The van der Waals surface area contributed by atoms with Crippen LogP contribution in [0.5, 0.6) is 0 Å². The molecule has 0 saturated carbocycles. The van der Waals surface area contributed by atoms with Crippen molar-refractivity contribution in [1.82, 2.24) is 13.7 Å². The minimum atomic E-state index is -0.136. The lowest BCUT2D eigenvalue weighted by molar-refractivity contribution is 1.06. The van der Waals surface area contributed by atoms with Crippen LogP contribution in [0.3, 0.4) is 0 Å². The maximum Gasteiger partial charge on any atom is 0.263 e. The highest BCUT2D eigenvalue weighted by molar-refractivity contribution is 6.21. The summed E-state index contributed by atoms with van der Waals surface area (Å²) in [6.07, 6.45) is 0. The molecule has 0 N–H and O–H groups in total. The van der Waals surface area contributed by atoms with Gasteiger partial charge in [-0.05, 0) is 95.4 Å². The Labute approximate surface area is 326 Å². The number of hydrogen-bond donors (Lipinski definition) is 0. The lowest BCUT2D eigenvalue weighted by atomic mass is 10.0. The van der Waals surface area contributed by atoms with Crippen molar-refractivity contribution >= 4 is 71.0 Å². The zero-order valence-electron chi connectivity index (χ0n) is 30.4. The van der Waals surface area contributed by atoms with E-state index >= 15 is 4.79 Å². The zero-order chi connectivity index (χ0) is 38.2. The topological polar surface area (TPSA) is 60.0 Å². The Morgan fingerprint density at radius 1 is 0.421 bits per heavy atom. The minimum absolute atomic E-state index is 0.136. The molecule has 6 heteroatoms. The normalized spacial score (nSPS) is 11.5. The summed E-state index contributed by atoms with van der Waals surface area (Å²) in [5.41, 5.74) is 10.0. The highest BCUT2D eigenvalue weighted by Crippen LogP contribution is 2.41. The third kappa shape index (κ3) is 4.85. The van der Waals surface area contributed by atoms with Crippen LogP contribution in [0.15, 0.2) is 181 Å². The van der Waals surface area contributed by atoms with Crippen molar-refractivity contribution in [3.8, 4) is 34.3 Å². The quantitative estimate of drug-likeness (QED) is 0.134. The van der Waals surface area contributed by atoms with Crippen LogP contribution in [0, 0.1) is 17.9 Å². The molecule has 0 spiro atoms. The molecule has 0 amide bonds. The first-order chi connectivity index (χ1) is 28.1. The number of para-hydroxylation sites is 3. The molecule has 0 unspecified atom stereocenters. The standard InChI is InChI=1S/C51H29N5O/c1-53-35-23-32(31-52)24-38(26-35)55-47-22-11-9-19-39(47)42-27-41-44-28-43-40-20-8-10-21-46(40)54(37-18-12-15-34(25-37)33-13-4-2-5-14-33)49(43)30-50(44)56(36-16-6-3-7-17-36)51(57)45(41)29-48(42)55/h2-30H. The van der Waals surface area contributed by atoms with Gasteiger partial charge in [-0.25, -0.2) is 4.85 Å². The molecule has 0 aliphatic heterocycles. The number of nitriles is 1. The highest BCUT2D eigenvalue weighted by atomic mass is 16.1. The fourth-order valence-electron chi connectivity index (χ4n) is 8.75. The molecule has 0 fully saturated rings. The largest absolute Gasteiger partial charge is 0.310 e. The molecule has 11 rings (SSSR count). The van der Waals surface area contributed by atoms with Gasteiger partial charge >= 0.3 is 0 Å². The molecule has 0 atom stereocenters. The second-order valence-electron chi connectivity index (χ2n) is 14.4. The Balaban J connectivity index is 1.28. The predicted octanol–water partition coefficient (Wildman–Crippen LogP) is 12.4. The van der Waals surface area contributed by atoms with E-state index in [1.54, 1.807) is 18.2 Å². The maximum absolute atomic E-state index is 15.2. The summed E-state index contributed by atoms with van der Waals surface area (Å²) in [6, 6.07) is 61.5. The number of rotatable bonds is 4. The van der Waals surface area contributed by atoms with Gasteiger partial charge in [0.05, 0.1) is 45.6 Å². The van der Waals surface area contributed by atoms with Crippen molar-refractivity contribution in [3.63, 3.8) is 0 Å². The SMILES string of the molecule is [C-]#[N+]c1cc(C#N)cc(-n2c3ccccc3c3cc4c(cc32)c(=O)n(-c2ccccc2)c2cc3c(cc42)c2ccccc2n3-c2cccc(-c3ccccc3)c2)c1. The van der Waals surface area contributed by atoms with Crippen molar-refractivity contribution < 1.29 is 0 Å². The van der Waals surface area contributed by atoms with Crippen LogP contribution in [0.2, 0.25) is 0 Å². The first-order valence-electron chi connectivity index (χ1n) is 18.7. The van der Waals surface area contributed by atoms with Gasteiger partial charge in [0.15, 0.2) is 5.69 Å². The number of pyridine rings is 1. The fraction of sp³-hybridized carbons (Fsp3) is 0. The van der Waals surface area contributed by atoms with Crippen molar-refractivity contribution in [1.29, 1.82) is 5.26 Å². The van der Waals surface area contributed by atoms with Crippen molar-refractivity contribution in [2.24, 2.45) is 0 Å². The second kappa shape index (κ2) is 12.4. The third-order valence-electron chi connectivity index (χ3n) is 11.2. The summed E-state index contributed by atoms with van der Waals surface area (Å²) in [4.78, 5) is 18.8. The summed E-state index contributed by atoms with van der Waals surface area (Å²) in [6.45, 7) is 7.75. The van der Waals surface area contributed by atoms with Crippen molar-refractivity contribution in [2.45, 2.75) is 0 Å². The molecule has 3 heterocycles. The molecular weight excluding hydrogens is 699 g/mol. The van der Waals surface area contributed by atoms with Gasteiger partial charge in [-0.2, -0.15) is 5.26 Å². The molecule has 57 heavy (non-hydrogen) atoms. The summed E-state index contributed by atoms with van der Waals surface area (Å²) < 4.78 is 6.21. The molecule has 0 aliphatic carbocycles. The van der Waals surface area contributed by atoms with Crippen LogP contribution < -0.4 is 5.56 Å². The number of fused-ring (bicyclic) bond motifs is 9. The maximum atomic E-state index is 15.2. The molecule has 264 valence electrons. The van der Waals surface area contributed by atoms with Crippen LogP contribution >= 0.6 is 0 Å². The van der Waals surface area contributed by atoms with Gasteiger partial charge in [0.2, 0.25) is 0 Å². The van der Waals surface area contributed by atoms with Crippen LogP contribution in [0.4, 0.5) is 5.69 Å². The summed E-state index contributed by atoms with van der Waals surface area (Å²) in [5.74, 6) is 0. The molecule has 3 aromatic heterocycles. The van der Waals surface area contributed by atoms with E-state index in [-0.39, 0.29) is 5.56 Å². The Morgan fingerprint density at radius 2 is 0.982 bits per heavy atom. The Kier molecular flexibility index (Phi) is 7.03. The van der Waals surface area contributed by atoms with E-state index in [0.717, 1.165) is 82.4 Å². The van der Waals surface area contributed by atoms with Crippen LogP contribution in [-0.2, 0) is 0 Å². The average Bonchev–Trinajstić information content (AvgIpc) is 3.77. The van der Waals surface area contributed by atoms with Gasteiger partial charge in [0, 0.05) is 49.6 Å². The highest BCUT2D eigenvalue weighted by Gasteiger charge is 2.21. The lowest BCUT2D eigenvalue weighted by Gasteiger charge is -2.16. The minimum Gasteiger partial charge on any atom is -0.310 e. The second-order valence-corrected chi connectivity index (χ2v) is 14.4. The Hall–Kier alpha value is -8.19. The van der Waals surface area contributed by atoms with E-state index in [1.807, 2.05) is 65.2 Å². The van der Waals surface area contributed by atoms with Crippen molar-refractivity contribution in [3.05, 3.63) is 203 Å². The molecule has 0 aliphatic rings. The van der Waals surface area contributed by atoms with Gasteiger partial charge in [-0.1, -0.05) is 97.1 Å². The molecular formula is C51H29N5O. The van der Waals surface area contributed by atoms with Gasteiger partial charge in [-0.15, -0.1) is 0 Å². The molecule has 0 bridgehead atoms. The third-order valence-corrected chi connectivity index (χ3v) is 11.2. The predicted molar refractivity (Wildman–Crippen MR) is 232 cm³/mol. The van der Waals surface area contributed by atoms with Gasteiger partial charge in [0.1, 0.15) is 0 Å². The lowest BCUT2D eigenvalue weighted by Crippen LogP contribution is -2.19. The molecule has 8 aromatic carbocycles. The fourth-order valence-corrected chi connectivity index (χ4v) is 8.75. The van der Waals surface area contributed by atoms with E-state index < -0.39 is 0 Å².